The molecule has 1 N–H and O–H groups in total. The SMILES string of the molecule is CCCNC(c1ccc(F)c(Br)c1)c1ccc(F)cc1F. The minimum absolute atomic E-state index is 0.311. The fourth-order valence-electron chi connectivity index (χ4n) is 2.12. The van der Waals surface area contributed by atoms with Crippen LogP contribution in [0.1, 0.15) is 30.5 Å². The Labute approximate surface area is 130 Å². The van der Waals surface area contributed by atoms with Crippen LogP contribution >= 0.6 is 15.9 Å². The smallest absolute Gasteiger partial charge is 0.137 e. The molecule has 0 fully saturated rings. The summed E-state index contributed by atoms with van der Waals surface area (Å²) in [7, 11) is 0. The van der Waals surface area contributed by atoms with Crippen LogP contribution in [-0.4, -0.2) is 6.54 Å². The Morgan fingerprint density at radius 2 is 1.81 bits per heavy atom. The highest BCUT2D eigenvalue weighted by Gasteiger charge is 2.18. The number of halogens is 4. The molecule has 112 valence electrons. The predicted molar refractivity (Wildman–Crippen MR) is 80.6 cm³/mol. The predicted octanol–water partition coefficient (Wildman–Crippen LogP) is 4.96. The summed E-state index contributed by atoms with van der Waals surface area (Å²) in [6.07, 6.45) is 0.863. The van der Waals surface area contributed by atoms with E-state index < -0.39 is 17.7 Å². The summed E-state index contributed by atoms with van der Waals surface area (Å²) in [6, 6.07) is 7.55. The minimum Gasteiger partial charge on any atom is -0.306 e. The molecule has 2 rings (SSSR count). The Balaban J connectivity index is 2.44. The fraction of sp³-hybridized carbons (Fsp3) is 0.250. The Kier molecular flexibility index (Phi) is 5.42. The molecule has 0 aliphatic carbocycles. The molecule has 0 aliphatic rings. The lowest BCUT2D eigenvalue weighted by Gasteiger charge is -2.20. The molecule has 0 aliphatic heterocycles. The van der Waals surface area contributed by atoms with Gasteiger partial charge in [-0.05, 0) is 52.7 Å². The molecule has 0 spiro atoms. The van der Waals surface area contributed by atoms with E-state index in [9.17, 15) is 13.2 Å². The van der Waals surface area contributed by atoms with Crippen LogP contribution in [0.3, 0.4) is 0 Å². The summed E-state index contributed by atoms with van der Waals surface area (Å²) >= 11 is 3.13. The summed E-state index contributed by atoms with van der Waals surface area (Å²) < 4.78 is 40.8. The van der Waals surface area contributed by atoms with Crippen LogP contribution in [0.15, 0.2) is 40.9 Å². The molecule has 0 radical (unpaired) electrons. The molecule has 0 aromatic heterocycles. The molecule has 1 atom stereocenters. The van der Waals surface area contributed by atoms with Gasteiger partial charge in [0.05, 0.1) is 10.5 Å². The average Bonchev–Trinajstić information content (AvgIpc) is 2.44. The normalized spacial score (nSPS) is 12.4. The van der Waals surface area contributed by atoms with E-state index in [1.807, 2.05) is 6.92 Å². The maximum Gasteiger partial charge on any atom is 0.137 e. The minimum atomic E-state index is -0.621. The van der Waals surface area contributed by atoms with E-state index in [2.05, 4.69) is 21.2 Å². The van der Waals surface area contributed by atoms with Gasteiger partial charge in [-0.2, -0.15) is 0 Å². The van der Waals surface area contributed by atoms with Gasteiger partial charge in [-0.1, -0.05) is 19.1 Å². The Morgan fingerprint density at radius 1 is 1.05 bits per heavy atom. The molecule has 0 heterocycles. The summed E-state index contributed by atoms with van der Waals surface area (Å²) in [5.41, 5.74) is 1.05. The van der Waals surface area contributed by atoms with Gasteiger partial charge in [0, 0.05) is 11.6 Å². The quantitative estimate of drug-likeness (QED) is 0.797. The van der Waals surface area contributed by atoms with E-state index in [0.29, 0.717) is 22.1 Å². The lowest BCUT2D eigenvalue weighted by molar-refractivity contribution is 0.531. The van der Waals surface area contributed by atoms with Crippen molar-refractivity contribution in [3.63, 3.8) is 0 Å². The standard InChI is InChI=1S/C16H15BrF3N/c1-2-7-21-16(10-3-6-14(19)13(17)8-10)12-5-4-11(18)9-15(12)20/h3-6,8-9,16,21H,2,7H2,1H3. The first-order valence-electron chi connectivity index (χ1n) is 6.66. The van der Waals surface area contributed by atoms with E-state index in [-0.39, 0.29) is 5.82 Å². The van der Waals surface area contributed by atoms with E-state index in [4.69, 9.17) is 0 Å². The van der Waals surface area contributed by atoms with Gasteiger partial charge >= 0.3 is 0 Å². The van der Waals surface area contributed by atoms with Crippen molar-refractivity contribution in [3.05, 3.63) is 69.4 Å². The lowest BCUT2D eigenvalue weighted by Crippen LogP contribution is -2.24. The third-order valence-corrected chi connectivity index (χ3v) is 3.76. The molecule has 0 bridgehead atoms. The summed E-state index contributed by atoms with van der Waals surface area (Å²) in [6.45, 7) is 2.65. The largest absolute Gasteiger partial charge is 0.306 e. The summed E-state index contributed by atoms with van der Waals surface area (Å²) in [5, 5.41) is 3.20. The van der Waals surface area contributed by atoms with Crippen LogP contribution in [0.25, 0.3) is 0 Å². The van der Waals surface area contributed by atoms with Gasteiger partial charge in [-0.25, -0.2) is 13.2 Å². The first kappa shape index (κ1) is 16.0. The molecule has 1 unspecified atom stereocenters. The molecule has 0 saturated carbocycles. The van der Waals surface area contributed by atoms with Crippen LogP contribution in [0, 0.1) is 17.5 Å². The molecular formula is C16H15BrF3N. The van der Waals surface area contributed by atoms with Gasteiger partial charge in [0.15, 0.2) is 0 Å². The zero-order valence-electron chi connectivity index (χ0n) is 11.5. The van der Waals surface area contributed by atoms with E-state index in [1.165, 1.54) is 18.2 Å². The van der Waals surface area contributed by atoms with Crippen LogP contribution in [0.5, 0.6) is 0 Å². The van der Waals surface area contributed by atoms with Crippen molar-refractivity contribution in [2.24, 2.45) is 0 Å². The second kappa shape index (κ2) is 7.09. The molecule has 0 saturated heterocycles. The number of rotatable bonds is 5. The summed E-state index contributed by atoms with van der Waals surface area (Å²) in [4.78, 5) is 0. The van der Waals surface area contributed by atoms with Gasteiger partial charge in [-0.15, -0.1) is 0 Å². The highest BCUT2D eigenvalue weighted by atomic mass is 79.9. The first-order chi connectivity index (χ1) is 10.0. The van der Waals surface area contributed by atoms with Gasteiger partial charge in [-0.3, -0.25) is 0 Å². The highest BCUT2D eigenvalue weighted by Crippen LogP contribution is 2.28. The summed E-state index contributed by atoms with van der Waals surface area (Å²) in [5.74, 6) is -1.62. The van der Waals surface area contributed by atoms with Crippen LogP contribution < -0.4 is 5.32 Å². The monoisotopic (exact) mass is 357 g/mol. The van der Waals surface area contributed by atoms with Crippen molar-refractivity contribution in [3.8, 4) is 0 Å². The number of hydrogen-bond donors (Lipinski definition) is 1. The third kappa shape index (κ3) is 3.86. The van der Waals surface area contributed by atoms with E-state index in [0.717, 1.165) is 12.5 Å². The maximum absolute atomic E-state index is 14.0. The van der Waals surface area contributed by atoms with Gasteiger partial charge in [0.2, 0.25) is 0 Å². The topological polar surface area (TPSA) is 12.0 Å². The van der Waals surface area contributed by atoms with E-state index in [1.54, 1.807) is 12.1 Å². The molecular weight excluding hydrogens is 343 g/mol. The van der Waals surface area contributed by atoms with Gasteiger partial charge in [0.1, 0.15) is 17.5 Å². The fourth-order valence-corrected chi connectivity index (χ4v) is 2.52. The Hall–Kier alpha value is -1.33. The van der Waals surface area contributed by atoms with Crippen molar-refractivity contribution in [2.45, 2.75) is 19.4 Å². The number of benzene rings is 2. The first-order valence-corrected chi connectivity index (χ1v) is 7.45. The second-order valence-corrected chi connectivity index (χ2v) is 5.58. The van der Waals surface area contributed by atoms with Crippen molar-refractivity contribution < 1.29 is 13.2 Å². The van der Waals surface area contributed by atoms with Crippen LogP contribution in [-0.2, 0) is 0 Å². The van der Waals surface area contributed by atoms with Crippen LogP contribution in [0.2, 0.25) is 0 Å². The molecule has 5 heteroatoms. The van der Waals surface area contributed by atoms with Gasteiger partial charge < -0.3 is 5.32 Å². The van der Waals surface area contributed by atoms with Crippen molar-refractivity contribution in [1.29, 1.82) is 0 Å². The van der Waals surface area contributed by atoms with Crippen molar-refractivity contribution >= 4 is 15.9 Å². The van der Waals surface area contributed by atoms with Gasteiger partial charge in [0.25, 0.3) is 0 Å². The molecule has 2 aromatic carbocycles. The Morgan fingerprint density at radius 3 is 2.43 bits per heavy atom. The number of hydrogen-bond acceptors (Lipinski definition) is 1. The number of nitrogens with one attached hydrogen (secondary N) is 1. The highest BCUT2D eigenvalue weighted by molar-refractivity contribution is 9.10. The zero-order chi connectivity index (χ0) is 15.4. The molecule has 2 aromatic rings. The molecule has 0 amide bonds. The second-order valence-electron chi connectivity index (χ2n) is 4.73. The molecule has 21 heavy (non-hydrogen) atoms. The van der Waals surface area contributed by atoms with Crippen LogP contribution in [0.4, 0.5) is 13.2 Å². The van der Waals surface area contributed by atoms with Crippen molar-refractivity contribution in [2.75, 3.05) is 6.54 Å². The Bertz CT molecular complexity index is 631. The lowest BCUT2D eigenvalue weighted by atomic mass is 9.98. The average molecular weight is 358 g/mol. The maximum atomic E-state index is 14.0. The third-order valence-electron chi connectivity index (χ3n) is 3.15. The zero-order valence-corrected chi connectivity index (χ0v) is 13.1. The van der Waals surface area contributed by atoms with E-state index >= 15 is 0 Å². The molecule has 1 nitrogen and oxygen atoms in total. The van der Waals surface area contributed by atoms with Crippen molar-refractivity contribution in [1.82, 2.24) is 5.32 Å².